The Hall–Kier alpha value is -3.68. The average molecular weight is 572 g/mol. The smallest absolute Gasteiger partial charge is 0.349 e. The van der Waals surface area contributed by atoms with E-state index in [-0.39, 0.29) is 29.8 Å². The Balaban J connectivity index is 1.15. The van der Waals surface area contributed by atoms with Gasteiger partial charge in [0.15, 0.2) is 0 Å². The fourth-order valence-corrected chi connectivity index (χ4v) is 4.94. The Bertz CT molecular complexity index is 1220. The first-order valence-electron chi connectivity index (χ1n) is 12.6. The molecule has 1 aliphatic heterocycles. The van der Waals surface area contributed by atoms with Crippen molar-refractivity contribution >= 4 is 23.4 Å². The number of aromatic nitrogens is 1. The van der Waals surface area contributed by atoms with Gasteiger partial charge in [0.25, 0.3) is 5.91 Å². The zero-order valence-corrected chi connectivity index (χ0v) is 21.1. The Morgan fingerprint density at radius 1 is 0.950 bits per heavy atom. The number of rotatable bonds is 7. The number of anilines is 1. The maximum atomic E-state index is 12.8. The summed E-state index contributed by atoms with van der Waals surface area (Å²) in [6.45, 7) is 0.908. The number of nitrogens with one attached hydrogen (secondary N) is 3. The second-order valence-corrected chi connectivity index (χ2v) is 9.91. The quantitative estimate of drug-likeness (QED) is 0.438. The maximum absolute atomic E-state index is 12.8. The molecule has 8 nitrogen and oxygen atoms in total. The topological polar surface area (TPSA) is 103 Å². The van der Waals surface area contributed by atoms with Crippen LogP contribution >= 0.6 is 0 Å². The molecule has 4 rings (SSSR count). The molecule has 0 bridgehead atoms. The lowest BCUT2D eigenvalue weighted by molar-refractivity contribution is -0.167. The van der Waals surface area contributed by atoms with E-state index in [1.165, 1.54) is 18.3 Å². The third-order valence-corrected chi connectivity index (χ3v) is 7.07. The van der Waals surface area contributed by atoms with Crippen molar-refractivity contribution in [2.24, 2.45) is 0 Å². The summed E-state index contributed by atoms with van der Waals surface area (Å²) in [4.78, 5) is 41.9. The van der Waals surface area contributed by atoms with Gasteiger partial charge in [0.2, 0.25) is 5.91 Å². The first-order chi connectivity index (χ1) is 18.8. The SMILES string of the molecule is O=C(CNC(=O)c1cccc(C(F)(F)F)c1)NC1CN([C@H]2CC[C@@H](c3ccc(NC(=O)C(F)(F)F)cn3)CC2)C1. The molecule has 0 atom stereocenters. The van der Waals surface area contributed by atoms with Crippen LogP contribution in [0.25, 0.3) is 0 Å². The summed E-state index contributed by atoms with van der Waals surface area (Å²) < 4.78 is 75.7. The second kappa shape index (κ2) is 11.8. The van der Waals surface area contributed by atoms with Gasteiger partial charge in [0, 0.05) is 36.3 Å². The first-order valence-corrected chi connectivity index (χ1v) is 12.6. The van der Waals surface area contributed by atoms with Crippen LogP contribution in [-0.4, -0.2) is 65.5 Å². The highest BCUT2D eigenvalue weighted by Gasteiger charge is 2.39. The van der Waals surface area contributed by atoms with Gasteiger partial charge in [-0.1, -0.05) is 6.07 Å². The lowest BCUT2D eigenvalue weighted by Crippen LogP contribution is -2.63. The van der Waals surface area contributed by atoms with E-state index >= 15 is 0 Å². The molecule has 3 amide bonds. The van der Waals surface area contributed by atoms with Crippen LogP contribution in [0, 0.1) is 0 Å². The fraction of sp³-hybridized carbons (Fsp3) is 0.462. The zero-order valence-electron chi connectivity index (χ0n) is 21.1. The van der Waals surface area contributed by atoms with Crippen molar-refractivity contribution < 1.29 is 40.7 Å². The zero-order chi connectivity index (χ0) is 29.1. The summed E-state index contributed by atoms with van der Waals surface area (Å²) in [6, 6.07) is 7.20. The number of benzene rings is 1. The van der Waals surface area contributed by atoms with Gasteiger partial charge in [-0.05, 0) is 56.0 Å². The number of hydrogen-bond acceptors (Lipinski definition) is 5. The second-order valence-electron chi connectivity index (χ2n) is 9.91. The van der Waals surface area contributed by atoms with Crippen LogP contribution in [0.1, 0.15) is 53.2 Å². The van der Waals surface area contributed by atoms with Crippen molar-refractivity contribution in [3.8, 4) is 0 Å². The van der Waals surface area contributed by atoms with E-state index in [9.17, 15) is 40.7 Å². The van der Waals surface area contributed by atoms with E-state index in [0.717, 1.165) is 49.6 Å². The molecule has 1 saturated carbocycles. The highest BCUT2D eigenvalue weighted by Crippen LogP contribution is 2.35. The number of hydrogen-bond donors (Lipinski definition) is 3. The fourth-order valence-electron chi connectivity index (χ4n) is 4.94. The molecule has 2 aliphatic rings. The molecule has 0 unspecified atom stereocenters. The van der Waals surface area contributed by atoms with Crippen LogP contribution < -0.4 is 16.0 Å². The van der Waals surface area contributed by atoms with Crippen LogP contribution in [-0.2, 0) is 15.8 Å². The van der Waals surface area contributed by atoms with Crippen molar-refractivity contribution in [2.45, 2.75) is 56.0 Å². The van der Waals surface area contributed by atoms with E-state index in [2.05, 4.69) is 20.5 Å². The van der Waals surface area contributed by atoms with Crippen LogP contribution in [0.2, 0.25) is 0 Å². The molecule has 3 N–H and O–H groups in total. The largest absolute Gasteiger partial charge is 0.471 e. The minimum atomic E-state index is -4.97. The van der Waals surface area contributed by atoms with Crippen molar-refractivity contribution in [3.05, 3.63) is 59.4 Å². The van der Waals surface area contributed by atoms with Crippen LogP contribution in [0.15, 0.2) is 42.6 Å². The molecule has 2 aromatic rings. The molecular weight excluding hydrogens is 544 g/mol. The number of alkyl halides is 6. The predicted molar refractivity (Wildman–Crippen MR) is 131 cm³/mol. The number of likely N-dealkylation sites (tertiary alicyclic amines) is 1. The molecule has 1 aliphatic carbocycles. The molecule has 1 aromatic heterocycles. The molecule has 1 aromatic carbocycles. The summed E-state index contributed by atoms with van der Waals surface area (Å²) in [7, 11) is 0. The molecular formula is C26H27F6N5O3. The lowest BCUT2D eigenvalue weighted by Gasteiger charge is -2.46. The van der Waals surface area contributed by atoms with E-state index in [0.29, 0.717) is 19.1 Å². The third-order valence-electron chi connectivity index (χ3n) is 7.07. The minimum absolute atomic E-state index is 0.0244. The monoisotopic (exact) mass is 571 g/mol. The Morgan fingerprint density at radius 3 is 2.25 bits per heavy atom. The van der Waals surface area contributed by atoms with Crippen LogP contribution in [0.4, 0.5) is 32.0 Å². The van der Waals surface area contributed by atoms with Crippen molar-refractivity contribution in [3.63, 3.8) is 0 Å². The Kier molecular flexibility index (Phi) is 8.66. The van der Waals surface area contributed by atoms with Gasteiger partial charge >= 0.3 is 18.3 Å². The van der Waals surface area contributed by atoms with Gasteiger partial charge in [0.1, 0.15) is 0 Å². The molecule has 40 heavy (non-hydrogen) atoms. The number of amides is 3. The van der Waals surface area contributed by atoms with Crippen molar-refractivity contribution in [2.75, 3.05) is 25.0 Å². The predicted octanol–water partition coefficient (Wildman–Crippen LogP) is 3.86. The van der Waals surface area contributed by atoms with E-state index in [1.807, 2.05) is 0 Å². The summed E-state index contributed by atoms with van der Waals surface area (Å²) in [6.07, 6.45) is -4.90. The van der Waals surface area contributed by atoms with Crippen molar-refractivity contribution in [1.29, 1.82) is 0 Å². The normalized spacial score (nSPS) is 20.4. The van der Waals surface area contributed by atoms with E-state index in [4.69, 9.17) is 0 Å². The standard InChI is InChI=1S/C26H27F6N5O3/c27-25(28,29)17-3-1-2-16(10-17)23(39)34-12-22(38)35-19-13-37(14-19)20-7-4-15(5-8-20)21-9-6-18(11-33-21)36-24(40)26(30,31)32/h1-3,6,9-11,15,19-20H,4-5,7-8,12-14H2,(H,34,39)(H,35,38)(H,36,40)/t15-,20+. The van der Waals surface area contributed by atoms with Gasteiger partial charge in [0.05, 0.1) is 30.0 Å². The van der Waals surface area contributed by atoms with Gasteiger partial charge in [-0.3, -0.25) is 24.3 Å². The summed E-state index contributed by atoms with van der Waals surface area (Å²) in [5, 5.41) is 6.92. The Labute approximate surface area is 225 Å². The highest BCUT2D eigenvalue weighted by molar-refractivity contribution is 5.96. The summed E-state index contributed by atoms with van der Waals surface area (Å²) in [5.74, 6) is -3.11. The third kappa shape index (κ3) is 7.49. The molecule has 216 valence electrons. The number of pyridine rings is 1. The molecule has 2 fully saturated rings. The van der Waals surface area contributed by atoms with Gasteiger partial charge < -0.3 is 16.0 Å². The average Bonchev–Trinajstić information content (AvgIpc) is 2.89. The lowest BCUT2D eigenvalue weighted by atomic mass is 9.82. The molecule has 1 saturated heterocycles. The molecule has 14 heteroatoms. The molecule has 0 spiro atoms. The van der Waals surface area contributed by atoms with Gasteiger partial charge in [-0.25, -0.2) is 0 Å². The molecule has 2 heterocycles. The van der Waals surface area contributed by atoms with Crippen LogP contribution in [0.3, 0.4) is 0 Å². The summed E-state index contributed by atoms with van der Waals surface area (Å²) in [5.41, 5.74) is -0.405. The first kappa shape index (κ1) is 29.3. The number of nitrogens with zero attached hydrogens (tertiary/aromatic N) is 2. The maximum Gasteiger partial charge on any atom is 0.471 e. The van der Waals surface area contributed by atoms with E-state index in [1.54, 1.807) is 11.4 Å². The number of halogens is 6. The summed E-state index contributed by atoms with van der Waals surface area (Å²) >= 11 is 0. The van der Waals surface area contributed by atoms with Gasteiger partial charge in [-0.15, -0.1) is 0 Å². The number of carbonyl (C=O) groups excluding carboxylic acids is 3. The minimum Gasteiger partial charge on any atom is -0.349 e. The van der Waals surface area contributed by atoms with E-state index < -0.39 is 35.6 Å². The Morgan fingerprint density at radius 2 is 1.65 bits per heavy atom. The van der Waals surface area contributed by atoms with Gasteiger partial charge in [-0.2, -0.15) is 26.3 Å². The molecule has 0 radical (unpaired) electrons. The van der Waals surface area contributed by atoms with Crippen LogP contribution in [0.5, 0.6) is 0 Å². The number of carbonyl (C=O) groups is 3. The van der Waals surface area contributed by atoms with Crippen molar-refractivity contribution in [1.82, 2.24) is 20.5 Å². The highest BCUT2D eigenvalue weighted by atomic mass is 19.4.